The zero-order valence-corrected chi connectivity index (χ0v) is 10.0. The molecule has 1 aliphatic rings. The van der Waals surface area contributed by atoms with Gasteiger partial charge in [-0.05, 0) is 24.6 Å². The molecule has 5 nitrogen and oxygen atoms in total. The standard InChI is InChI=1S/C11H11N3O2S/c1-7(13-11-5-12-14-17-11)8-2-3-9-10(4-8)16-6-15-9/h2-5,7,13H,6H2,1H3. The smallest absolute Gasteiger partial charge is 0.231 e. The number of nitrogens with one attached hydrogen (secondary N) is 1. The fourth-order valence-corrected chi connectivity index (χ4v) is 2.22. The molecule has 0 spiro atoms. The first-order chi connectivity index (χ1) is 8.33. The van der Waals surface area contributed by atoms with E-state index in [1.807, 2.05) is 18.2 Å². The van der Waals surface area contributed by atoms with E-state index >= 15 is 0 Å². The van der Waals surface area contributed by atoms with Crippen LogP contribution in [-0.2, 0) is 0 Å². The van der Waals surface area contributed by atoms with Gasteiger partial charge in [0.15, 0.2) is 11.5 Å². The molecule has 1 aromatic heterocycles. The fraction of sp³-hybridized carbons (Fsp3) is 0.273. The predicted octanol–water partition coefficient (Wildman–Crippen LogP) is 2.44. The maximum atomic E-state index is 5.35. The van der Waals surface area contributed by atoms with E-state index in [1.54, 1.807) is 6.20 Å². The van der Waals surface area contributed by atoms with Crippen molar-refractivity contribution in [1.29, 1.82) is 0 Å². The summed E-state index contributed by atoms with van der Waals surface area (Å²) >= 11 is 1.34. The largest absolute Gasteiger partial charge is 0.454 e. The first-order valence-corrected chi connectivity index (χ1v) is 6.04. The number of fused-ring (bicyclic) bond motifs is 1. The number of aromatic nitrogens is 2. The van der Waals surface area contributed by atoms with Crippen LogP contribution in [0.1, 0.15) is 18.5 Å². The van der Waals surface area contributed by atoms with Gasteiger partial charge in [0, 0.05) is 17.6 Å². The van der Waals surface area contributed by atoms with Gasteiger partial charge < -0.3 is 14.8 Å². The third kappa shape index (κ3) is 2.03. The minimum Gasteiger partial charge on any atom is -0.454 e. The van der Waals surface area contributed by atoms with Crippen molar-refractivity contribution in [2.45, 2.75) is 13.0 Å². The van der Waals surface area contributed by atoms with E-state index in [4.69, 9.17) is 9.47 Å². The molecule has 0 aliphatic carbocycles. The molecule has 0 radical (unpaired) electrons. The van der Waals surface area contributed by atoms with Gasteiger partial charge in [-0.25, -0.2) is 0 Å². The predicted molar refractivity (Wildman–Crippen MR) is 64.5 cm³/mol. The third-order valence-electron chi connectivity index (χ3n) is 2.62. The molecular weight excluding hydrogens is 238 g/mol. The molecule has 6 heteroatoms. The van der Waals surface area contributed by atoms with Crippen LogP contribution in [0.25, 0.3) is 0 Å². The molecule has 2 aromatic rings. The Morgan fingerprint density at radius 2 is 2.24 bits per heavy atom. The molecule has 17 heavy (non-hydrogen) atoms. The second-order valence-electron chi connectivity index (χ2n) is 3.76. The van der Waals surface area contributed by atoms with Crippen LogP contribution in [0.5, 0.6) is 11.5 Å². The summed E-state index contributed by atoms with van der Waals surface area (Å²) in [5.41, 5.74) is 1.14. The lowest BCUT2D eigenvalue weighted by atomic mass is 10.1. The lowest BCUT2D eigenvalue weighted by Gasteiger charge is -2.13. The van der Waals surface area contributed by atoms with Gasteiger partial charge in [0.2, 0.25) is 6.79 Å². The molecule has 0 bridgehead atoms. The van der Waals surface area contributed by atoms with Gasteiger partial charge in [0.05, 0.1) is 6.20 Å². The minimum atomic E-state index is 0.173. The number of nitrogens with zero attached hydrogens (tertiary/aromatic N) is 2. The summed E-state index contributed by atoms with van der Waals surface area (Å²) in [6, 6.07) is 6.13. The lowest BCUT2D eigenvalue weighted by molar-refractivity contribution is 0.174. The van der Waals surface area contributed by atoms with Crippen molar-refractivity contribution in [3.8, 4) is 11.5 Å². The molecule has 0 fully saturated rings. The summed E-state index contributed by atoms with van der Waals surface area (Å²) in [4.78, 5) is 0. The molecule has 88 valence electrons. The summed E-state index contributed by atoms with van der Waals surface area (Å²) in [5, 5.41) is 8.07. The molecule has 1 aliphatic heterocycles. The molecule has 1 atom stereocenters. The highest BCUT2D eigenvalue weighted by atomic mass is 32.1. The molecule has 1 N–H and O–H groups in total. The molecule has 0 saturated heterocycles. The first kappa shape index (κ1) is 10.3. The Bertz CT molecular complexity index is 515. The molecule has 1 unspecified atom stereocenters. The summed E-state index contributed by atoms with van der Waals surface area (Å²) in [5.74, 6) is 1.61. The van der Waals surface area contributed by atoms with Gasteiger partial charge in [0.25, 0.3) is 0 Å². The van der Waals surface area contributed by atoms with Crippen LogP contribution in [0.2, 0.25) is 0 Å². The number of anilines is 1. The number of rotatable bonds is 3. The quantitative estimate of drug-likeness (QED) is 0.905. The molecule has 0 amide bonds. The maximum Gasteiger partial charge on any atom is 0.231 e. The van der Waals surface area contributed by atoms with Crippen molar-refractivity contribution >= 4 is 16.5 Å². The average molecular weight is 249 g/mol. The zero-order chi connectivity index (χ0) is 11.7. The van der Waals surface area contributed by atoms with Gasteiger partial charge in [-0.15, -0.1) is 5.10 Å². The van der Waals surface area contributed by atoms with Crippen molar-refractivity contribution < 1.29 is 9.47 Å². The minimum absolute atomic E-state index is 0.173. The van der Waals surface area contributed by atoms with E-state index in [-0.39, 0.29) is 6.04 Å². The van der Waals surface area contributed by atoms with Crippen molar-refractivity contribution in [3.63, 3.8) is 0 Å². The summed E-state index contributed by atoms with van der Waals surface area (Å²) in [6.07, 6.45) is 1.72. The molecule has 3 rings (SSSR count). The Morgan fingerprint density at radius 1 is 1.35 bits per heavy atom. The number of hydrogen-bond acceptors (Lipinski definition) is 6. The van der Waals surface area contributed by atoms with Crippen molar-refractivity contribution in [2.24, 2.45) is 0 Å². The van der Waals surface area contributed by atoms with Gasteiger partial charge in [-0.2, -0.15) is 0 Å². The van der Waals surface area contributed by atoms with Gasteiger partial charge in [-0.1, -0.05) is 10.6 Å². The van der Waals surface area contributed by atoms with E-state index in [0.29, 0.717) is 6.79 Å². The average Bonchev–Trinajstić information content (AvgIpc) is 2.97. The first-order valence-electron chi connectivity index (χ1n) is 5.26. The second-order valence-corrected chi connectivity index (χ2v) is 4.55. The summed E-state index contributed by atoms with van der Waals surface area (Å²) in [6.45, 7) is 2.39. The molecular formula is C11H11N3O2S. The van der Waals surface area contributed by atoms with Crippen LogP contribution in [0.3, 0.4) is 0 Å². The highest BCUT2D eigenvalue weighted by molar-refractivity contribution is 7.09. The van der Waals surface area contributed by atoms with E-state index in [0.717, 1.165) is 22.1 Å². The summed E-state index contributed by atoms with van der Waals surface area (Å²) < 4.78 is 14.4. The van der Waals surface area contributed by atoms with Gasteiger partial charge in [-0.3, -0.25) is 0 Å². The Balaban J connectivity index is 1.79. The molecule has 2 heterocycles. The Morgan fingerprint density at radius 3 is 3.06 bits per heavy atom. The SMILES string of the molecule is CC(Nc1cnns1)c1ccc2c(c1)OCO2. The van der Waals surface area contributed by atoms with Crippen molar-refractivity contribution in [1.82, 2.24) is 9.59 Å². The van der Waals surface area contributed by atoms with Crippen LogP contribution >= 0.6 is 11.5 Å². The second kappa shape index (κ2) is 4.21. The number of hydrogen-bond donors (Lipinski definition) is 1. The van der Waals surface area contributed by atoms with Crippen molar-refractivity contribution in [3.05, 3.63) is 30.0 Å². The Kier molecular flexibility index (Phi) is 2.56. The topological polar surface area (TPSA) is 56.3 Å². The van der Waals surface area contributed by atoms with Crippen LogP contribution in [-0.4, -0.2) is 16.4 Å². The normalized spacial score (nSPS) is 14.6. The van der Waals surface area contributed by atoms with Gasteiger partial charge in [0.1, 0.15) is 5.00 Å². The highest BCUT2D eigenvalue weighted by Crippen LogP contribution is 2.34. The van der Waals surface area contributed by atoms with Crippen molar-refractivity contribution in [2.75, 3.05) is 12.1 Å². The van der Waals surface area contributed by atoms with Crippen LogP contribution < -0.4 is 14.8 Å². The van der Waals surface area contributed by atoms with E-state index in [2.05, 4.69) is 21.8 Å². The monoisotopic (exact) mass is 249 g/mol. The molecule has 0 saturated carbocycles. The lowest BCUT2D eigenvalue weighted by Crippen LogP contribution is -2.05. The third-order valence-corrected chi connectivity index (χ3v) is 3.21. The Labute approximate surface area is 103 Å². The van der Waals surface area contributed by atoms with Crippen LogP contribution in [0.4, 0.5) is 5.00 Å². The Hall–Kier alpha value is -1.82. The highest BCUT2D eigenvalue weighted by Gasteiger charge is 2.15. The summed E-state index contributed by atoms with van der Waals surface area (Å²) in [7, 11) is 0. The van der Waals surface area contributed by atoms with Crippen LogP contribution in [0.15, 0.2) is 24.4 Å². The van der Waals surface area contributed by atoms with E-state index < -0.39 is 0 Å². The number of ether oxygens (including phenoxy) is 2. The maximum absolute atomic E-state index is 5.35. The fourth-order valence-electron chi connectivity index (χ4n) is 1.71. The molecule has 1 aromatic carbocycles. The van der Waals surface area contributed by atoms with E-state index in [1.165, 1.54) is 11.5 Å². The van der Waals surface area contributed by atoms with E-state index in [9.17, 15) is 0 Å². The van der Waals surface area contributed by atoms with Gasteiger partial charge >= 0.3 is 0 Å². The zero-order valence-electron chi connectivity index (χ0n) is 9.21. The van der Waals surface area contributed by atoms with Crippen LogP contribution in [0, 0.1) is 0 Å². The number of benzene rings is 1.